The standard InChI is InChI=1S/C10H14N2OS/c13-6-9-1-3-12(4-2-9)5-10-7-14-8-11-10/h6-9H,1-5H2. The number of hydrogen-bond donors (Lipinski definition) is 0. The minimum atomic E-state index is 0.293. The monoisotopic (exact) mass is 210 g/mol. The minimum Gasteiger partial charge on any atom is -0.303 e. The van der Waals surface area contributed by atoms with Crippen molar-refractivity contribution in [2.75, 3.05) is 13.1 Å². The molecular formula is C10H14N2OS. The van der Waals surface area contributed by atoms with Crippen molar-refractivity contribution in [2.45, 2.75) is 19.4 Å². The van der Waals surface area contributed by atoms with Crippen molar-refractivity contribution in [3.63, 3.8) is 0 Å². The van der Waals surface area contributed by atoms with E-state index in [2.05, 4.69) is 15.3 Å². The number of carbonyl (C=O) groups excluding carboxylic acids is 1. The molecule has 1 fully saturated rings. The summed E-state index contributed by atoms with van der Waals surface area (Å²) >= 11 is 1.64. The maximum absolute atomic E-state index is 10.6. The number of hydrogen-bond acceptors (Lipinski definition) is 4. The maximum atomic E-state index is 10.6. The third-order valence-corrected chi connectivity index (χ3v) is 3.33. The Labute approximate surface area is 87.8 Å². The Bertz CT molecular complexity index is 278. The summed E-state index contributed by atoms with van der Waals surface area (Å²) in [4.78, 5) is 17.2. The minimum absolute atomic E-state index is 0.293. The number of nitrogens with zero attached hydrogens (tertiary/aromatic N) is 2. The largest absolute Gasteiger partial charge is 0.303 e. The molecular weight excluding hydrogens is 196 g/mol. The molecule has 1 aliphatic rings. The van der Waals surface area contributed by atoms with Crippen LogP contribution >= 0.6 is 11.3 Å². The molecule has 1 aliphatic heterocycles. The Morgan fingerprint density at radius 2 is 2.36 bits per heavy atom. The summed E-state index contributed by atoms with van der Waals surface area (Å²) in [5.74, 6) is 0.293. The second-order valence-corrected chi connectivity index (χ2v) is 4.45. The summed E-state index contributed by atoms with van der Waals surface area (Å²) in [6, 6.07) is 0. The molecule has 0 unspecified atom stereocenters. The fourth-order valence-corrected chi connectivity index (χ4v) is 2.34. The molecule has 0 amide bonds. The van der Waals surface area contributed by atoms with E-state index in [4.69, 9.17) is 0 Å². The third kappa shape index (κ3) is 2.39. The van der Waals surface area contributed by atoms with E-state index in [1.54, 1.807) is 11.3 Å². The van der Waals surface area contributed by atoms with Crippen LogP contribution < -0.4 is 0 Å². The molecule has 0 radical (unpaired) electrons. The highest BCUT2D eigenvalue weighted by Crippen LogP contribution is 2.16. The van der Waals surface area contributed by atoms with E-state index >= 15 is 0 Å². The summed E-state index contributed by atoms with van der Waals surface area (Å²) in [6.07, 6.45) is 3.11. The summed E-state index contributed by atoms with van der Waals surface area (Å²) in [5, 5.41) is 2.09. The molecule has 14 heavy (non-hydrogen) atoms. The zero-order valence-corrected chi connectivity index (χ0v) is 8.87. The lowest BCUT2D eigenvalue weighted by Gasteiger charge is -2.28. The summed E-state index contributed by atoms with van der Waals surface area (Å²) < 4.78 is 0. The number of likely N-dealkylation sites (tertiary alicyclic amines) is 1. The Balaban J connectivity index is 1.81. The maximum Gasteiger partial charge on any atom is 0.123 e. The summed E-state index contributed by atoms with van der Waals surface area (Å²) in [7, 11) is 0. The second-order valence-electron chi connectivity index (χ2n) is 3.73. The van der Waals surface area contributed by atoms with Gasteiger partial charge in [0.1, 0.15) is 6.29 Å². The number of aromatic nitrogens is 1. The molecule has 76 valence electrons. The van der Waals surface area contributed by atoms with Crippen LogP contribution in [0.15, 0.2) is 10.9 Å². The molecule has 0 N–H and O–H groups in total. The van der Waals surface area contributed by atoms with Crippen LogP contribution in [0.1, 0.15) is 18.5 Å². The van der Waals surface area contributed by atoms with Crippen molar-refractivity contribution in [1.82, 2.24) is 9.88 Å². The first kappa shape index (κ1) is 9.80. The van der Waals surface area contributed by atoms with Crippen LogP contribution in [0, 0.1) is 5.92 Å². The van der Waals surface area contributed by atoms with Gasteiger partial charge < -0.3 is 4.79 Å². The van der Waals surface area contributed by atoms with E-state index in [1.165, 1.54) is 0 Å². The van der Waals surface area contributed by atoms with Crippen molar-refractivity contribution in [3.05, 3.63) is 16.6 Å². The molecule has 2 heterocycles. The summed E-state index contributed by atoms with van der Waals surface area (Å²) in [5.41, 5.74) is 3.02. The second kappa shape index (κ2) is 4.66. The van der Waals surface area contributed by atoms with E-state index < -0.39 is 0 Å². The van der Waals surface area contributed by atoms with E-state index in [1.807, 2.05) is 5.51 Å². The molecule has 0 aromatic carbocycles. The molecule has 4 heteroatoms. The van der Waals surface area contributed by atoms with Crippen molar-refractivity contribution in [2.24, 2.45) is 5.92 Å². The van der Waals surface area contributed by atoms with Crippen LogP contribution in [0.25, 0.3) is 0 Å². The molecule has 2 rings (SSSR count). The van der Waals surface area contributed by atoms with Gasteiger partial charge in [0.15, 0.2) is 0 Å². The zero-order valence-electron chi connectivity index (χ0n) is 8.06. The van der Waals surface area contributed by atoms with Gasteiger partial charge in [-0.1, -0.05) is 0 Å². The summed E-state index contributed by atoms with van der Waals surface area (Å²) in [6.45, 7) is 3.00. The molecule has 1 aromatic rings. The van der Waals surface area contributed by atoms with Crippen LogP contribution in [-0.2, 0) is 11.3 Å². The lowest BCUT2D eigenvalue weighted by atomic mass is 9.99. The quantitative estimate of drug-likeness (QED) is 0.710. The van der Waals surface area contributed by atoms with E-state index in [0.717, 1.165) is 44.5 Å². The van der Waals surface area contributed by atoms with E-state index in [0.29, 0.717) is 5.92 Å². The highest BCUT2D eigenvalue weighted by atomic mass is 32.1. The fourth-order valence-electron chi connectivity index (χ4n) is 1.79. The van der Waals surface area contributed by atoms with E-state index in [-0.39, 0.29) is 0 Å². The fraction of sp³-hybridized carbons (Fsp3) is 0.600. The molecule has 0 saturated carbocycles. The SMILES string of the molecule is O=CC1CCN(Cc2cscn2)CC1. The first-order chi connectivity index (χ1) is 6.88. The highest BCUT2D eigenvalue weighted by molar-refractivity contribution is 7.07. The van der Waals surface area contributed by atoms with Crippen LogP contribution in [0.2, 0.25) is 0 Å². The van der Waals surface area contributed by atoms with Gasteiger partial charge in [-0.15, -0.1) is 11.3 Å². The number of piperidine rings is 1. The lowest BCUT2D eigenvalue weighted by molar-refractivity contribution is -0.112. The molecule has 0 atom stereocenters. The normalized spacial score (nSPS) is 19.7. The first-order valence-electron chi connectivity index (χ1n) is 4.93. The Morgan fingerprint density at radius 1 is 1.57 bits per heavy atom. The number of thiazole rings is 1. The third-order valence-electron chi connectivity index (χ3n) is 2.69. The molecule has 3 nitrogen and oxygen atoms in total. The predicted octanol–water partition coefficient (Wildman–Crippen LogP) is 1.55. The first-order valence-corrected chi connectivity index (χ1v) is 5.87. The lowest BCUT2D eigenvalue weighted by Crippen LogP contribution is -2.33. The van der Waals surface area contributed by atoms with Crippen LogP contribution in [-0.4, -0.2) is 29.3 Å². The molecule has 0 bridgehead atoms. The topological polar surface area (TPSA) is 33.2 Å². The Kier molecular flexibility index (Phi) is 3.26. The van der Waals surface area contributed by atoms with Crippen molar-refractivity contribution < 1.29 is 4.79 Å². The number of aldehydes is 1. The predicted molar refractivity (Wildman–Crippen MR) is 56.2 cm³/mol. The van der Waals surface area contributed by atoms with Crippen molar-refractivity contribution >= 4 is 17.6 Å². The van der Waals surface area contributed by atoms with Gasteiger partial charge in [-0.2, -0.15) is 0 Å². The average molecular weight is 210 g/mol. The van der Waals surface area contributed by atoms with Gasteiger partial charge in [-0.3, -0.25) is 4.90 Å². The molecule has 1 aromatic heterocycles. The van der Waals surface area contributed by atoms with Gasteiger partial charge in [0.2, 0.25) is 0 Å². The molecule has 1 saturated heterocycles. The van der Waals surface area contributed by atoms with Gasteiger partial charge in [0, 0.05) is 17.8 Å². The van der Waals surface area contributed by atoms with Gasteiger partial charge in [0.25, 0.3) is 0 Å². The number of rotatable bonds is 3. The van der Waals surface area contributed by atoms with Gasteiger partial charge in [-0.05, 0) is 25.9 Å². The average Bonchev–Trinajstić information content (AvgIpc) is 2.72. The van der Waals surface area contributed by atoms with Crippen molar-refractivity contribution in [1.29, 1.82) is 0 Å². The van der Waals surface area contributed by atoms with Crippen LogP contribution in [0.4, 0.5) is 0 Å². The molecule has 0 spiro atoms. The Morgan fingerprint density at radius 3 is 2.93 bits per heavy atom. The van der Waals surface area contributed by atoms with Crippen molar-refractivity contribution in [3.8, 4) is 0 Å². The molecule has 0 aliphatic carbocycles. The number of carbonyl (C=O) groups is 1. The van der Waals surface area contributed by atoms with Gasteiger partial charge in [0.05, 0.1) is 11.2 Å². The van der Waals surface area contributed by atoms with Gasteiger partial charge in [-0.25, -0.2) is 4.98 Å². The Hall–Kier alpha value is -0.740. The van der Waals surface area contributed by atoms with Gasteiger partial charge >= 0.3 is 0 Å². The zero-order chi connectivity index (χ0) is 9.80. The van der Waals surface area contributed by atoms with E-state index in [9.17, 15) is 4.79 Å². The highest BCUT2D eigenvalue weighted by Gasteiger charge is 2.18. The van der Waals surface area contributed by atoms with Crippen LogP contribution in [0.5, 0.6) is 0 Å². The van der Waals surface area contributed by atoms with Crippen LogP contribution in [0.3, 0.4) is 0 Å². The smallest absolute Gasteiger partial charge is 0.123 e.